The molecule has 0 saturated carbocycles. The smallest absolute Gasteiger partial charge is 0.277 e. The molecule has 0 spiro atoms. The second-order valence-electron chi connectivity index (χ2n) is 4.04. The van der Waals surface area contributed by atoms with E-state index in [0.717, 1.165) is 0 Å². The van der Waals surface area contributed by atoms with E-state index in [1.165, 1.54) is 18.3 Å². The fourth-order valence-electron chi connectivity index (χ4n) is 1.46. The number of nitrogens with zero attached hydrogens (tertiary/aromatic N) is 2. The van der Waals surface area contributed by atoms with Crippen LogP contribution in [0.3, 0.4) is 0 Å². The van der Waals surface area contributed by atoms with Gasteiger partial charge in [-0.3, -0.25) is 9.78 Å². The largest absolute Gasteiger partial charge is 0.481 e. The van der Waals surface area contributed by atoms with Gasteiger partial charge in [-0.15, -0.1) is 0 Å². The van der Waals surface area contributed by atoms with Crippen LogP contribution in [0.2, 0.25) is 15.1 Å². The molecular formula is C14H10Cl3N3O2. The predicted molar refractivity (Wildman–Crippen MR) is 86.9 cm³/mol. The third-order valence-electron chi connectivity index (χ3n) is 2.38. The minimum atomic E-state index is -0.464. The molecule has 0 bridgehead atoms. The first-order chi connectivity index (χ1) is 10.6. The van der Waals surface area contributed by atoms with Gasteiger partial charge in [-0.25, -0.2) is 5.43 Å². The zero-order valence-electron chi connectivity index (χ0n) is 11.1. The highest BCUT2D eigenvalue weighted by Crippen LogP contribution is 2.35. The van der Waals surface area contributed by atoms with Crippen LogP contribution in [0, 0.1) is 0 Å². The molecule has 0 radical (unpaired) electrons. The van der Waals surface area contributed by atoms with Crippen molar-refractivity contribution in [3.05, 3.63) is 57.3 Å². The van der Waals surface area contributed by atoms with Gasteiger partial charge in [-0.1, -0.05) is 40.9 Å². The summed E-state index contributed by atoms with van der Waals surface area (Å²) in [6.07, 6.45) is 3.04. The molecule has 0 fully saturated rings. The Morgan fingerprint density at radius 3 is 2.64 bits per heavy atom. The number of pyridine rings is 1. The van der Waals surface area contributed by atoms with E-state index in [4.69, 9.17) is 39.5 Å². The molecule has 8 heteroatoms. The molecule has 1 aromatic heterocycles. The van der Waals surface area contributed by atoms with Crippen LogP contribution in [0.1, 0.15) is 5.69 Å². The van der Waals surface area contributed by atoms with E-state index in [-0.39, 0.29) is 22.4 Å². The van der Waals surface area contributed by atoms with Gasteiger partial charge in [-0.05, 0) is 24.3 Å². The van der Waals surface area contributed by atoms with Crippen LogP contribution >= 0.6 is 34.8 Å². The number of carbonyl (C=O) groups is 1. The van der Waals surface area contributed by atoms with Gasteiger partial charge in [-0.2, -0.15) is 5.10 Å². The summed E-state index contributed by atoms with van der Waals surface area (Å²) in [7, 11) is 0. The van der Waals surface area contributed by atoms with Crippen LogP contribution in [-0.4, -0.2) is 23.7 Å². The Balaban J connectivity index is 1.87. The lowest BCUT2D eigenvalue weighted by molar-refractivity contribution is -0.123. The number of carbonyl (C=O) groups excluding carboxylic acids is 1. The minimum Gasteiger partial charge on any atom is -0.481 e. The van der Waals surface area contributed by atoms with E-state index in [1.54, 1.807) is 18.3 Å². The summed E-state index contributed by atoms with van der Waals surface area (Å²) in [6.45, 7) is -0.291. The van der Waals surface area contributed by atoms with Crippen molar-refractivity contribution in [2.24, 2.45) is 5.10 Å². The number of hydrogen-bond acceptors (Lipinski definition) is 4. The summed E-state index contributed by atoms with van der Waals surface area (Å²) in [4.78, 5) is 15.6. The molecule has 2 aromatic rings. The number of hydrazone groups is 1. The lowest BCUT2D eigenvalue weighted by atomic mass is 10.3. The lowest BCUT2D eigenvalue weighted by Gasteiger charge is -2.09. The van der Waals surface area contributed by atoms with Crippen LogP contribution in [0.25, 0.3) is 0 Å². The topological polar surface area (TPSA) is 63.6 Å². The Morgan fingerprint density at radius 1 is 1.27 bits per heavy atom. The van der Waals surface area contributed by atoms with E-state index >= 15 is 0 Å². The third kappa shape index (κ3) is 4.87. The normalized spacial score (nSPS) is 10.7. The fourth-order valence-corrected chi connectivity index (χ4v) is 2.39. The van der Waals surface area contributed by atoms with Crippen molar-refractivity contribution in [1.29, 1.82) is 0 Å². The summed E-state index contributed by atoms with van der Waals surface area (Å²) in [5, 5.41) is 4.59. The molecule has 0 unspecified atom stereocenters. The van der Waals surface area contributed by atoms with Crippen molar-refractivity contribution in [3.8, 4) is 5.75 Å². The van der Waals surface area contributed by atoms with Gasteiger partial charge in [0, 0.05) is 11.2 Å². The summed E-state index contributed by atoms with van der Waals surface area (Å²) in [5.74, 6) is -0.272. The molecule has 114 valence electrons. The van der Waals surface area contributed by atoms with Crippen molar-refractivity contribution in [1.82, 2.24) is 10.4 Å². The van der Waals surface area contributed by atoms with E-state index in [0.29, 0.717) is 10.7 Å². The summed E-state index contributed by atoms with van der Waals surface area (Å²) >= 11 is 17.7. The monoisotopic (exact) mass is 357 g/mol. The number of ether oxygens (including phenoxy) is 1. The Labute approximate surface area is 141 Å². The van der Waals surface area contributed by atoms with E-state index in [1.807, 2.05) is 6.07 Å². The molecule has 1 aromatic carbocycles. The van der Waals surface area contributed by atoms with Gasteiger partial charge in [0.25, 0.3) is 5.91 Å². The zero-order valence-corrected chi connectivity index (χ0v) is 13.4. The van der Waals surface area contributed by atoms with E-state index in [9.17, 15) is 4.79 Å². The highest BCUT2D eigenvalue weighted by Gasteiger charge is 2.11. The highest BCUT2D eigenvalue weighted by molar-refractivity contribution is 6.40. The lowest BCUT2D eigenvalue weighted by Crippen LogP contribution is -2.24. The van der Waals surface area contributed by atoms with Gasteiger partial charge >= 0.3 is 0 Å². The molecule has 5 nitrogen and oxygen atoms in total. The van der Waals surface area contributed by atoms with Crippen LogP contribution in [0.5, 0.6) is 5.75 Å². The average molecular weight is 359 g/mol. The third-order valence-corrected chi connectivity index (χ3v) is 3.16. The quantitative estimate of drug-likeness (QED) is 0.656. The maximum absolute atomic E-state index is 11.6. The van der Waals surface area contributed by atoms with Crippen molar-refractivity contribution < 1.29 is 9.53 Å². The molecule has 2 rings (SSSR count). The summed E-state index contributed by atoms with van der Waals surface area (Å²) < 4.78 is 5.26. The van der Waals surface area contributed by atoms with Crippen molar-refractivity contribution in [2.75, 3.05) is 6.61 Å². The Hall–Kier alpha value is -1.82. The van der Waals surface area contributed by atoms with Crippen molar-refractivity contribution in [2.45, 2.75) is 0 Å². The van der Waals surface area contributed by atoms with Gasteiger partial charge in [0.05, 0.1) is 22.0 Å². The summed E-state index contributed by atoms with van der Waals surface area (Å²) in [5.41, 5.74) is 2.92. The molecule has 0 aliphatic carbocycles. The SMILES string of the molecule is O=C(COc1c(Cl)cc(Cl)cc1Cl)N/N=C/c1ccccn1. The first kappa shape index (κ1) is 16.5. The van der Waals surface area contributed by atoms with Crippen molar-refractivity contribution >= 4 is 46.9 Å². The molecule has 0 aliphatic rings. The van der Waals surface area contributed by atoms with Gasteiger partial charge in [0.1, 0.15) is 0 Å². The van der Waals surface area contributed by atoms with Crippen LogP contribution in [0.4, 0.5) is 0 Å². The fraction of sp³-hybridized carbons (Fsp3) is 0.0714. The molecule has 1 heterocycles. The number of benzene rings is 1. The first-order valence-electron chi connectivity index (χ1n) is 6.06. The van der Waals surface area contributed by atoms with Crippen molar-refractivity contribution in [3.63, 3.8) is 0 Å². The molecule has 0 saturated heterocycles. The molecule has 1 N–H and O–H groups in total. The zero-order chi connectivity index (χ0) is 15.9. The van der Waals surface area contributed by atoms with Crippen LogP contribution in [-0.2, 0) is 4.79 Å². The van der Waals surface area contributed by atoms with Gasteiger partial charge in [0.2, 0.25) is 0 Å². The Kier molecular flexibility index (Phi) is 6.00. The number of aromatic nitrogens is 1. The van der Waals surface area contributed by atoms with E-state index in [2.05, 4.69) is 15.5 Å². The molecular weight excluding hydrogens is 349 g/mol. The molecule has 0 atom stereocenters. The van der Waals surface area contributed by atoms with E-state index < -0.39 is 5.91 Å². The number of amides is 1. The van der Waals surface area contributed by atoms with Crippen LogP contribution in [0.15, 0.2) is 41.6 Å². The van der Waals surface area contributed by atoms with Gasteiger partial charge in [0.15, 0.2) is 12.4 Å². The summed E-state index contributed by atoms with van der Waals surface area (Å²) in [6, 6.07) is 8.29. The maximum atomic E-state index is 11.6. The second kappa shape index (κ2) is 7.98. The Morgan fingerprint density at radius 2 is 2.00 bits per heavy atom. The average Bonchev–Trinajstić information content (AvgIpc) is 2.47. The Bertz CT molecular complexity index is 670. The number of hydrogen-bond donors (Lipinski definition) is 1. The maximum Gasteiger partial charge on any atom is 0.277 e. The molecule has 1 amide bonds. The number of nitrogens with one attached hydrogen (secondary N) is 1. The molecule has 0 aliphatic heterocycles. The highest BCUT2D eigenvalue weighted by atomic mass is 35.5. The molecule has 22 heavy (non-hydrogen) atoms. The standard InChI is InChI=1S/C14H10Cl3N3O2/c15-9-5-11(16)14(12(17)6-9)22-8-13(21)20-19-7-10-3-1-2-4-18-10/h1-7H,8H2,(H,20,21)/b19-7+. The first-order valence-corrected chi connectivity index (χ1v) is 7.20. The van der Waals surface area contributed by atoms with Crippen LogP contribution < -0.4 is 10.2 Å². The predicted octanol–water partition coefficient (Wildman–Crippen LogP) is 3.57. The van der Waals surface area contributed by atoms with Gasteiger partial charge < -0.3 is 4.74 Å². The number of halogens is 3. The second-order valence-corrected chi connectivity index (χ2v) is 5.29. The number of rotatable bonds is 5. The minimum absolute atomic E-state index is 0.191.